The normalized spacial score (nSPS) is 19.5. The molecule has 6 heteroatoms. The third kappa shape index (κ3) is 4.13. The van der Waals surface area contributed by atoms with E-state index in [-0.39, 0.29) is 16.9 Å². The number of carbonyl (C=O) groups is 1. The fourth-order valence-electron chi connectivity index (χ4n) is 5.15. The van der Waals surface area contributed by atoms with Gasteiger partial charge in [-0.15, -0.1) is 11.3 Å². The van der Waals surface area contributed by atoms with Crippen LogP contribution in [-0.2, 0) is 10.2 Å². The molecule has 0 fully saturated rings. The standard InChI is InChI=1S/C27H25BrN2OS2/c1-26(2)17-27(3,18-12-14-19(28)15-13-18)20-8-4-6-10-22(20)30(26)24(31)16-32-25-29-21-9-5-7-11-23(21)33-25/h4-15H,16-17H2,1-3H3/t27-/m0/s1. The van der Waals surface area contributed by atoms with Gasteiger partial charge < -0.3 is 4.90 Å². The molecule has 33 heavy (non-hydrogen) atoms. The van der Waals surface area contributed by atoms with E-state index in [0.29, 0.717) is 5.75 Å². The second-order valence-electron chi connectivity index (χ2n) is 9.31. The molecule has 1 atom stereocenters. The highest BCUT2D eigenvalue weighted by atomic mass is 79.9. The van der Waals surface area contributed by atoms with Crippen LogP contribution < -0.4 is 4.90 Å². The van der Waals surface area contributed by atoms with Gasteiger partial charge in [0.1, 0.15) is 0 Å². The molecular weight excluding hydrogens is 512 g/mol. The zero-order chi connectivity index (χ0) is 23.2. The maximum absolute atomic E-state index is 13.6. The summed E-state index contributed by atoms with van der Waals surface area (Å²) in [6.45, 7) is 6.66. The van der Waals surface area contributed by atoms with Gasteiger partial charge in [-0.25, -0.2) is 4.98 Å². The molecule has 0 radical (unpaired) electrons. The Kier molecular flexibility index (Phi) is 5.88. The molecule has 0 saturated heterocycles. The van der Waals surface area contributed by atoms with Crippen LogP contribution in [0.15, 0.2) is 81.6 Å². The molecule has 0 N–H and O–H groups in total. The molecule has 4 aromatic rings. The molecule has 168 valence electrons. The van der Waals surface area contributed by atoms with E-state index in [0.717, 1.165) is 31.1 Å². The van der Waals surface area contributed by atoms with Gasteiger partial charge in [0, 0.05) is 21.1 Å². The number of rotatable bonds is 4. The molecule has 1 aliphatic heterocycles. The first-order valence-corrected chi connectivity index (χ1v) is 13.5. The first-order valence-electron chi connectivity index (χ1n) is 10.9. The van der Waals surface area contributed by atoms with Gasteiger partial charge in [-0.1, -0.05) is 77.1 Å². The van der Waals surface area contributed by atoms with Crippen molar-refractivity contribution < 1.29 is 4.79 Å². The average molecular weight is 538 g/mol. The lowest BCUT2D eigenvalue weighted by Gasteiger charge is -2.51. The summed E-state index contributed by atoms with van der Waals surface area (Å²) in [6.07, 6.45) is 0.843. The Labute approximate surface area is 211 Å². The summed E-state index contributed by atoms with van der Waals surface area (Å²) < 4.78 is 3.16. The smallest absolute Gasteiger partial charge is 0.237 e. The van der Waals surface area contributed by atoms with Crippen LogP contribution in [0.3, 0.4) is 0 Å². The average Bonchev–Trinajstić information content (AvgIpc) is 3.20. The number of para-hydroxylation sites is 2. The monoisotopic (exact) mass is 536 g/mol. The number of halogens is 1. The predicted molar refractivity (Wildman–Crippen MR) is 144 cm³/mol. The topological polar surface area (TPSA) is 33.2 Å². The number of nitrogens with zero attached hydrogens (tertiary/aromatic N) is 2. The number of aromatic nitrogens is 1. The fourth-order valence-corrected chi connectivity index (χ4v) is 7.33. The predicted octanol–water partition coefficient (Wildman–Crippen LogP) is 7.67. The van der Waals surface area contributed by atoms with Gasteiger partial charge in [-0.3, -0.25) is 4.79 Å². The molecule has 1 aromatic heterocycles. The van der Waals surface area contributed by atoms with Gasteiger partial charge in [-0.05, 0) is 61.7 Å². The van der Waals surface area contributed by atoms with Crippen LogP contribution in [-0.4, -0.2) is 22.2 Å². The highest BCUT2D eigenvalue weighted by Gasteiger charge is 2.47. The summed E-state index contributed by atoms with van der Waals surface area (Å²) in [5.41, 5.74) is 3.95. The first-order chi connectivity index (χ1) is 15.8. The van der Waals surface area contributed by atoms with E-state index < -0.39 is 0 Å². The highest BCUT2D eigenvalue weighted by molar-refractivity contribution is 9.10. The van der Waals surface area contributed by atoms with Crippen LogP contribution >= 0.6 is 39.0 Å². The van der Waals surface area contributed by atoms with Crippen LogP contribution in [0.1, 0.15) is 38.3 Å². The van der Waals surface area contributed by atoms with Crippen molar-refractivity contribution in [3.05, 3.63) is 88.4 Å². The van der Waals surface area contributed by atoms with E-state index >= 15 is 0 Å². The van der Waals surface area contributed by atoms with Crippen LogP contribution in [0.2, 0.25) is 0 Å². The first kappa shape index (κ1) is 22.6. The minimum Gasteiger partial charge on any atom is -0.306 e. The molecule has 1 aliphatic rings. The SMILES string of the molecule is CC1(C)C[C@@](C)(c2ccc(Br)cc2)c2ccccc2N1C(=O)CSc1nc2ccccc2s1. The fraction of sp³-hybridized carbons (Fsp3) is 0.259. The summed E-state index contributed by atoms with van der Waals surface area (Å²) in [7, 11) is 0. The van der Waals surface area contributed by atoms with Crippen molar-refractivity contribution in [3.63, 3.8) is 0 Å². The van der Waals surface area contributed by atoms with E-state index in [1.54, 1.807) is 11.3 Å². The Morgan fingerprint density at radius 2 is 1.73 bits per heavy atom. The van der Waals surface area contributed by atoms with Gasteiger partial charge in [-0.2, -0.15) is 0 Å². The van der Waals surface area contributed by atoms with Crippen LogP contribution in [0.4, 0.5) is 5.69 Å². The number of benzene rings is 3. The van der Waals surface area contributed by atoms with Crippen molar-refractivity contribution in [2.45, 2.75) is 42.5 Å². The van der Waals surface area contributed by atoms with Crippen LogP contribution in [0, 0.1) is 0 Å². The lowest BCUT2D eigenvalue weighted by molar-refractivity contribution is -0.117. The molecule has 0 bridgehead atoms. The van der Waals surface area contributed by atoms with E-state index in [9.17, 15) is 4.79 Å². The lowest BCUT2D eigenvalue weighted by Crippen LogP contribution is -2.56. The van der Waals surface area contributed by atoms with E-state index in [1.165, 1.54) is 22.9 Å². The molecule has 3 nitrogen and oxygen atoms in total. The number of carbonyl (C=O) groups excluding carboxylic acids is 1. The Morgan fingerprint density at radius 1 is 1.03 bits per heavy atom. The number of amides is 1. The zero-order valence-corrected chi connectivity index (χ0v) is 22.1. The summed E-state index contributed by atoms with van der Waals surface area (Å²) in [5, 5.41) is 0. The third-order valence-electron chi connectivity index (χ3n) is 6.46. The van der Waals surface area contributed by atoms with Crippen molar-refractivity contribution in [3.8, 4) is 0 Å². The number of fused-ring (bicyclic) bond motifs is 2. The molecule has 0 aliphatic carbocycles. The van der Waals surface area contributed by atoms with Crippen molar-refractivity contribution >= 4 is 60.8 Å². The van der Waals surface area contributed by atoms with Crippen molar-refractivity contribution in [1.82, 2.24) is 4.98 Å². The molecule has 2 heterocycles. The van der Waals surface area contributed by atoms with Gasteiger partial charge in [0.05, 0.1) is 16.0 Å². The van der Waals surface area contributed by atoms with Gasteiger partial charge in [0.15, 0.2) is 4.34 Å². The van der Waals surface area contributed by atoms with Crippen molar-refractivity contribution in [2.75, 3.05) is 10.7 Å². The van der Waals surface area contributed by atoms with Crippen molar-refractivity contribution in [1.29, 1.82) is 0 Å². The molecule has 0 saturated carbocycles. The van der Waals surface area contributed by atoms with Crippen molar-refractivity contribution in [2.24, 2.45) is 0 Å². The number of thiazole rings is 1. The number of hydrogen-bond donors (Lipinski definition) is 0. The minimum atomic E-state index is -0.332. The lowest BCUT2D eigenvalue weighted by atomic mass is 9.65. The quantitative estimate of drug-likeness (QED) is 0.251. The highest BCUT2D eigenvalue weighted by Crippen LogP contribution is 2.50. The van der Waals surface area contributed by atoms with E-state index in [4.69, 9.17) is 0 Å². The Bertz CT molecular complexity index is 1300. The maximum Gasteiger partial charge on any atom is 0.237 e. The summed E-state index contributed by atoms with van der Waals surface area (Å²) in [4.78, 5) is 20.3. The van der Waals surface area contributed by atoms with E-state index in [1.807, 2.05) is 29.2 Å². The largest absolute Gasteiger partial charge is 0.306 e. The molecule has 1 amide bonds. The van der Waals surface area contributed by atoms with Gasteiger partial charge in [0.25, 0.3) is 0 Å². The molecular formula is C27H25BrN2OS2. The van der Waals surface area contributed by atoms with Gasteiger partial charge >= 0.3 is 0 Å². The molecule has 3 aromatic carbocycles. The molecule has 5 rings (SSSR count). The number of anilines is 1. The van der Waals surface area contributed by atoms with Crippen LogP contribution in [0.5, 0.6) is 0 Å². The Morgan fingerprint density at radius 3 is 2.48 bits per heavy atom. The zero-order valence-electron chi connectivity index (χ0n) is 18.8. The number of hydrogen-bond acceptors (Lipinski definition) is 4. The second kappa shape index (κ2) is 8.57. The summed E-state index contributed by atoms with van der Waals surface area (Å²) in [6, 6.07) is 25.1. The molecule has 0 spiro atoms. The van der Waals surface area contributed by atoms with E-state index in [2.05, 4.69) is 90.2 Å². The summed E-state index contributed by atoms with van der Waals surface area (Å²) in [5.74, 6) is 0.488. The Hall–Kier alpha value is -2.15. The maximum atomic E-state index is 13.6. The van der Waals surface area contributed by atoms with Gasteiger partial charge in [0.2, 0.25) is 5.91 Å². The molecule has 0 unspecified atom stereocenters. The Balaban J connectivity index is 1.47. The third-order valence-corrected chi connectivity index (χ3v) is 9.15. The number of thioether (sulfide) groups is 1. The second-order valence-corrected chi connectivity index (χ2v) is 12.5. The summed E-state index contributed by atoms with van der Waals surface area (Å²) >= 11 is 6.74. The minimum absolute atomic E-state index is 0.120. The van der Waals surface area contributed by atoms with Crippen LogP contribution in [0.25, 0.3) is 10.2 Å².